The quantitative estimate of drug-likeness (QED) is 0.415. The van der Waals surface area contributed by atoms with Gasteiger partial charge >= 0.3 is 0 Å². The van der Waals surface area contributed by atoms with E-state index in [0.29, 0.717) is 6.42 Å². The van der Waals surface area contributed by atoms with Crippen molar-refractivity contribution in [3.05, 3.63) is 24.2 Å². The van der Waals surface area contributed by atoms with Gasteiger partial charge in [0.05, 0.1) is 18.6 Å². The normalized spacial score (nSPS) is 13.3. The van der Waals surface area contributed by atoms with Crippen LogP contribution in [0.25, 0.3) is 0 Å². The molecule has 0 aromatic carbocycles. The summed E-state index contributed by atoms with van der Waals surface area (Å²) in [5.41, 5.74) is 3.44. The number of ether oxygens (including phenoxy) is 1. The summed E-state index contributed by atoms with van der Waals surface area (Å²) in [6.07, 6.45) is 1.17. The van der Waals surface area contributed by atoms with Crippen molar-refractivity contribution < 1.29 is 17.9 Å². The molecule has 1 unspecified atom stereocenters. The average molecular weight is 220 g/mol. The molecule has 0 aliphatic rings. The van der Waals surface area contributed by atoms with E-state index in [1.54, 1.807) is 12.3 Å². The zero-order chi connectivity index (χ0) is 11.1. The van der Waals surface area contributed by atoms with Crippen LogP contribution in [0.1, 0.15) is 18.0 Å². The van der Waals surface area contributed by atoms with Crippen molar-refractivity contribution in [2.24, 2.45) is 5.84 Å². The van der Waals surface area contributed by atoms with Crippen LogP contribution in [0.2, 0.25) is 0 Å². The zero-order valence-corrected chi connectivity index (χ0v) is 8.16. The van der Waals surface area contributed by atoms with Gasteiger partial charge in [0.1, 0.15) is 6.61 Å². The molecule has 0 aliphatic carbocycles. The monoisotopic (exact) mass is 220 g/mol. The molecule has 6 heteroatoms. The first-order valence-corrected chi connectivity index (χ1v) is 4.58. The van der Waals surface area contributed by atoms with Gasteiger partial charge < -0.3 is 9.15 Å². The standard InChI is InChI=1S/C9H14F2N2O2/c10-9(11)6-15-4-2-8(13-12)7-1-3-14-5-7/h1,3,5,8-9,13H,2,4,6,12H2. The zero-order valence-electron chi connectivity index (χ0n) is 8.16. The minimum atomic E-state index is -2.43. The minimum Gasteiger partial charge on any atom is -0.472 e. The smallest absolute Gasteiger partial charge is 0.261 e. The highest BCUT2D eigenvalue weighted by Gasteiger charge is 2.11. The van der Waals surface area contributed by atoms with Crippen molar-refractivity contribution in [1.82, 2.24) is 5.43 Å². The fraction of sp³-hybridized carbons (Fsp3) is 0.556. The van der Waals surface area contributed by atoms with Crippen molar-refractivity contribution in [2.75, 3.05) is 13.2 Å². The van der Waals surface area contributed by atoms with Gasteiger partial charge in [-0.1, -0.05) is 0 Å². The van der Waals surface area contributed by atoms with E-state index in [9.17, 15) is 8.78 Å². The lowest BCUT2D eigenvalue weighted by molar-refractivity contribution is 0.0143. The van der Waals surface area contributed by atoms with Crippen molar-refractivity contribution in [1.29, 1.82) is 0 Å². The summed E-state index contributed by atoms with van der Waals surface area (Å²) < 4.78 is 33.1. The molecule has 4 nitrogen and oxygen atoms in total. The Morgan fingerprint density at radius 3 is 2.87 bits per heavy atom. The molecule has 1 heterocycles. The molecule has 1 atom stereocenters. The summed E-state index contributed by atoms with van der Waals surface area (Å²) in [7, 11) is 0. The maximum Gasteiger partial charge on any atom is 0.261 e. The van der Waals surface area contributed by atoms with Gasteiger partial charge in [-0.15, -0.1) is 0 Å². The molecule has 0 spiro atoms. The Morgan fingerprint density at radius 2 is 2.33 bits per heavy atom. The fourth-order valence-electron chi connectivity index (χ4n) is 1.19. The van der Waals surface area contributed by atoms with E-state index in [2.05, 4.69) is 5.43 Å². The molecule has 0 amide bonds. The summed E-state index contributed by atoms with van der Waals surface area (Å²) in [6, 6.07) is 1.62. The molecule has 0 saturated heterocycles. The van der Waals surface area contributed by atoms with E-state index in [1.807, 2.05) is 0 Å². The number of halogens is 2. The minimum absolute atomic E-state index is 0.138. The SMILES string of the molecule is NNC(CCOCC(F)F)c1ccoc1. The fourth-order valence-corrected chi connectivity index (χ4v) is 1.19. The Morgan fingerprint density at radius 1 is 1.53 bits per heavy atom. The summed E-state index contributed by atoms with van der Waals surface area (Å²) in [6.45, 7) is -0.312. The van der Waals surface area contributed by atoms with Crippen LogP contribution in [0.15, 0.2) is 23.0 Å². The third-order valence-corrected chi connectivity index (χ3v) is 1.94. The van der Waals surface area contributed by atoms with Gasteiger partial charge in [0.25, 0.3) is 6.43 Å². The van der Waals surface area contributed by atoms with E-state index in [0.717, 1.165) is 5.56 Å². The van der Waals surface area contributed by atoms with Crippen molar-refractivity contribution in [2.45, 2.75) is 18.9 Å². The van der Waals surface area contributed by atoms with E-state index in [4.69, 9.17) is 15.0 Å². The number of alkyl halides is 2. The molecular formula is C9H14F2N2O2. The average Bonchev–Trinajstić information content (AvgIpc) is 2.70. The number of hydrazine groups is 1. The number of nitrogens with two attached hydrogens (primary N) is 1. The topological polar surface area (TPSA) is 60.4 Å². The first-order valence-electron chi connectivity index (χ1n) is 4.58. The van der Waals surface area contributed by atoms with Crippen LogP contribution in [0.5, 0.6) is 0 Å². The van der Waals surface area contributed by atoms with Crippen molar-refractivity contribution in [3.8, 4) is 0 Å². The van der Waals surface area contributed by atoms with Gasteiger partial charge in [-0.05, 0) is 12.5 Å². The predicted octanol–water partition coefficient (Wildman–Crippen LogP) is 1.46. The Labute approximate surface area is 86.4 Å². The number of hydrogen-bond donors (Lipinski definition) is 2. The van der Waals surface area contributed by atoms with E-state index >= 15 is 0 Å². The van der Waals surface area contributed by atoms with Crippen molar-refractivity contribution >= 4 is 0 Å². The lowest BCUT2D eigenvalue weighted by atomic mass is 10.1. The molecule has 15 heavy (non-hydrogen) atoms. The molecule has 0 fully saturated rings. The highest BCUT2D eigenvalue weighted by atomic mass is 19.3. The van der Waals surface area contributed by atoms with E-state index in [-0.39, 0.29) is 12.6 Å². The molecule has 1 aromatic rings. The maximum absolute atomic E-state index is 11.7. The molecule has 0 saturated carbocycles. The third kappa shape index (κ3) is 4.37. The Kier molecular flexibility index (Phi) is 5.23. The second kappa shape index (κ2) is 6.49. The molecule has 3 N–H and O–H groups in total. The molecule has 0 aliphatic heterocycles. The molecule has 86 valence electrons. The number of nitrogens with one attached hydrogen (secondary N) is 1. The molecule has 0 bridgehead atoms. The summed E-state index contributed by atoms with van der Waals surface area (Å²) in [5, 5.41) is 0. The van der Waals surface area contributed by atoms with Crippen LogP contribution >= 0.6 is 0 Å². The highest BCUT2D eigenvalue weighted by molar-refractivity contribution is 5.10. The Bertz CT molecular complexity index is 255. The predicted molar refractivity (Wildman–Crippen MR) is 50.2 cm³/mol. The van der Waals surface area contributed by atoms with Gasteiger partial charge in [-0.2, -0.15) is 0 Å². The molecule has 0 radical (unpaired) electrons. The summed E-state index contributed by atoms with van der Waals surface area (Å²) >= 11 is 0. The van der Waals surface area contributed by atoms with E-state index in [1.165, 1.54) is 6.26 Å². The first-order chi connectivity index (χ1) is 7.24. The van der Waals surface area contributed by atoms with Gasteiger partial charge in [-0.25, -0.2) is 8.78 Å². The summed E-state index contributed by atoms with van der Waals surface area (Å²) in [5.74, 6) is 5.31. The van der Waals surface area contributed by atoms with Gasteiger partial charge in [0, 0.05) is 12.2 Å². The maximum atomic E-state index is 11.7. The summed E-state index contributed by atoms with van der Waals surface area (Å²) in [4.78, 5) is 0. The van der Waals surface area contributed by atoms with Crippen LogP contribution in [0, 0.1) is 0 Å². The van der Waals surface area contributed by atoms with Crippen LogP contribution in [-0.2, 0) is 4.74 Å². The van der Waals surface area contributed by atoms with Crippen LogP contribution < -0.4 is 11.3 Å². The van der Waals surface area contributed by atoms with E-state index < -0.39 is 13.0 Å². The molecule has 1 aromatic heterocycles. The number of rotatable bonds is 7. The molecule has 1 rings (SSSR count). The van der Waals surface area contributed by atoms with Crippen LogP contribution in [-0.4, -0.2) is 19.6 Å². The first kappa shape index (κ1) is 12.1. The number of furan rings is 1. The molecular weight excluding hydrogens is 206 g/mol. The Balaban J connectivity index is 2.23. The largest absolute Gasteiger partial charge is 0.472 e. The second-order valence-corrected chi connectivity index (χ2v) is 3.03. The lowest BCUT2D eigenvalue weighted by Crippen LogP contribution is -2.28. The lowest BCUT2D eigenvalue weighted by Gasteiger charge is -2.13. The van der Waals surface area contributed by atoms with Gasteiger partial charge in [-0.3, -0.25) is 11.3 Å². The highest BCUT2D eigenvalue weighted by Crippen LogP contribution is 2.16. The second-order valence-electron chi connectivity index (χ2n) is 3.03. The van der Waals surface area contributed by atoms with Gasteiger partial charge in [0.15, 0.2) is 0 Å². The van der Waals surface area contributed by atoms with Crippen LogP contribution in [0.3, 0.4) is 0 Å². The number of hydrogen-bond acceptors (Lipinski definition) is 4. The van der Waals surface area contributed by atoms with Crippen molar-refractivity contribution in [3.63, 3.8) is 0 Å². The van der Waals surface area contributed by atoms with Crippen LogP contribution in [0.4, 0.5) is 8.78 Å². The van der Waals surface area contributed by atoms with Gasteiger partial charge in [0.2, 0.25) is 0 Å². The Hall–Kier alpha value is -0.980. The third-order valence-electron chi connectivity index (χ3n) is 1.94.